The van der Waals surface area contributed by atoms with Crippen LogP contribution in [-0.2, 0) is 22.5 Å². The minimum Gasteiger partial charge on any atom is -0.469 e. The van der Waals surface area contributed by atoms with E-state index < -0.39 is 0 Å². The maximum Gasteiger partial charge on any atom is 0.310 e. The van der Waals surface area contributed by atoms with Crippen molar-refractivity contribution in [2.24, 2.45) is 5.73 Å². The van der Waals surface area contributed by atoms with Crippen LogP contribution < -0.4 is 5.73 Å². The summed E-state index contributed by atoms with van der Waals surface area (Å²) in [6, 6.07) is 5.46. The van der Waals surface area contributed by atoms with E-state index >= 15 is 0 Å². The van der Waals surface area contributed by atoms with Crippen molar-refractivity contribution in [3.63, 3.8) is 0 Å². The summed E-state index contributed by atoms with van der Waals surface area (Å²) in [6.45, 7) is 0.217. The molecule has 0 aromatic heterocycles. The first-order valence-electron chi connectivity index (χ1n) is 4.61. The molecule has 0 atom stereocenters. The number of methoxy groups -OCH3 is 1. The summed E-state index contributed by atoms with van der Waals surface area (Å²) in [5.74, 6) is -0.356. The predicted molar refractivity (Wildman–Crippen MR) is 62.5 cm³/mol. The van der Waals surface area contributed by atoms with Crippen molar-refractivity contribution in [3.05, 3.63) is 33.3 Å². The van der Waals surface area contributed by atoms with Crippen LogP contribution in [0.3, 0.4) is 0 Å². The van der Waals surface area contributed by atoms with Crippen LogP contribution in [0.25, 0.3) is 0 Å². The molecule has 5 heteroatoms. The van der Waals surface area contributed by atoms with E-state index in [0.29, 0.717) is 16.7 Å². The van der Waals surface area contributed by atoms with Gasteiger partial charge in [0.2, 0.25) is 0 Å². The zero-order valence-electron chi connectivity index (χ0n) is 8.79. The average molecular weight is 283 g/mol. The van der Waals surface area contributed by atoms with Gasteiger partial charge >= 0.3 is 5.97 Å². The third kappa shape index (κ3) is 2.60. The Bertz CT molecular complexity index is 452. The minimum atomic E-state index is -0.356. The van der Waals surface area contributed by atoms with Gasteiger partial charge in [0.05, 0.1) is 25.2 Å². The standard InChI is InChI=1S/C11H11BrN2O2/c1-16-11(15)4-8-9(6-14)7(5-13)2-3-10(8)12/h2-3H,4,6,14H2,1H3. The molecule has 0 radical (unpaired) electrons. The van der Waals surface area contributed by atoms with E-state index in [1.54, 1.807) is 12.1 Å². The number of hydrogen-bond acceptors (Lipinski definition) is 4. The molecule has 0 heterocycles. The van der Waals surface area contributed by atoms with Crippen LogP contribution in [-0.4, -0.2) is 13.1 Å². The monoisotopic (exact) mass is 282 g/mol. The first-order valence-corrected chi connectivity index (χ1v) is 5.40. The molecule has 1 aromatic rings. The zero-order chi connectivity index (χ0) is 12.1. The Morgan fingerprint density at radius 1 is 1.56 bits per heavy atom. The molecule has 16 heavy (non-hydrogen) atoms. The summed E-state index contributed by atoms with van der Waals surface area (Å²) in [5.41, 5.74) is 7.48. The summed E-state index contributed by atoms with van der Waals surface area (Å²) >= 11 is 3.34. The summed E-state index contributed by atoms with van der Waals surface area (Å²) in [4.78, 5) is 11.2. The minimum absolute atomic E-state index is 0.110. The lowest BCUT2D eigenvalue weighted by atomic mass is 9.99. The van der Waals surface area contributed by atoms with Crippen LogP contribution in [0.2, 0.25) is 0 Å². The number of esters is 1. The quantitative estimate of drug-likeness (QED) is 0.853. The number of benzene rings is 1. The second-order valence-corrected chi connectivity index (χ2v) is 3.98. The largest absolute Gasteiger partial charge is 0.469 e. The average Bonchev–Trinajstić information content (AvgIpc) is 2.31. The Morgan fingerprint density at radius 3 is 2.75 bits per heavy atom. The highest BCUT2D eigenvalue weighted by molar-refractivity contribution is 9.10. The smallest absolute Gasteiger partial charge is 0.310 e. The topological polar surface area (TPSA) is 76.1 Å². The maximum absolute atomic E-state index is 11.2. The summed E-state index contributed by atoms with van der Waals surface area (Å²) in [5, 5.41) is 8.92. The normalized spacial score (nSPS) is 9.62. The highest BCUT2D eigenvalue weighted by Crippen LogP contribution is 2.24. The molecular weight excluding hydrogens is 272 g/mol. The van der Waals surface area contributed by atoms with Crippen LogP contribution in [0, 0.1) is 11.3 Å². The lowest BCUT2D eigenvalue weighted by Crippen LogP contribution is -2.11. The van der Waals surface area contributed by atoms with E-state index in [2.05, 4.69) is 26.7 Å². The Kier molecular flexibility index (Phi) is 4.47. The molecule has 0 aliphatic rings. The van der Waals surface area contributed by atoms with Crippen molar-refractivity contribution in [2.75, 3.05) is 7.11 Å². The number of halogens is 1. The molecule has 0 spiro atoms. The lowest BCUT2D eigenvalue weighted by molar-refractivity contribution is -0.139. The third-order valence-electron chi connectivity index (χ3n) is 2.25. The molecule has 0 amide bonds. The number of ether oxygens (including phenoxy) is 1. The highest BCUT2D eigenvalue weighted by atomic mass is 79.9. The molecule has 0 aliphatic heterocycles. The Morgan fingerprint density at radius 2 is 2.25 bits per heavy atom. The SMILES string of the molecule is COC(=O)Cc1c(Br)ccc(C#N)c1CN. The number of hydrogen-bond donors (Lipinski definition) is 1. The van der Waals surface area contributed by atoms with Crippen molar-refractivity contribution < 1.29 is 9.53 Å². The number of carbonyl (C=O) groups excluding carboxylic acids is 1. The van der Waals surface area contributed by atoms with Crippen LogP contribution in [0.4, 0.5) is 0 Å². The molecule has 1 rings (SSSR count). The van der Waals surface area contributed by atoms with Crippen molar-refractivity contribution in [3.8, 4) is 6.07 Å². The first kappa shape index (κ1) is 12.7. The van der Waals surface area contributed by atoms with Crippen molar-refractivity contribution in [2.45, 2.75) is 13.0 Å². The third-order valence-corrected chi connectivity index (χ3v) is 2.99. The van der Waals surface area contributed by atoms with Gasteiger partial charge in [-0.3, -0.25) is 4.79 Å². The molecule has 0 saturated carbocycles. The van der Waals surface area contributed by atoms with Gasteiger partial charge in [-0.15, -0.1) is 0 Å². The molecule has 0 unspecified atom stereocenters. The number of nitriles is 1. The van der Waals surface area contributed by atoms with Crippen molar-refractivity contribution in [1.82, 2.24) is 0 Å². The van der Waals surface area contributed by atoms with Gasteiger partial charge in [0.25, 0.3) is 0 Å². The molecule has 84 valence electrons. The van der Waals surface area contributed by atoms with Crippen molar-refractivity contribution >= 4 is 21.9 Å². The maximum atomic E-state index is 11.2. The summed E-state index contributed by atoms with van der Waals surface area (Å²) < 4.78 is 5.36. The van der Waals surface area contributed by atoms with Crippen LogP contribution in [0.1, 0.15) is 16.7 Å². The fraction of sp³-hybridized carbons (Fsp3) is 0.273. The van der Waals surface area contributed by atoms with Gasteiger partial charge in [-0.25, -0.2) is 0 Å². The highest BCUT2D eigenvalue weighted by Gasteiger charge is 2.14. The molecule has 0 aliphatic carbocycles. The Labute approximate surface area is 102 Å². The van der Waals surface area contributed by atoms with Gasteiger partial charge in [-0.1, -0.05) is 15.9 Å². The van der Waals surface area contributed by atoms with E-state index in [0.717, 1.165) is 4.47 Å². The number of nitrogens with two attached hydrogens (primary N) is 1. The summed E-state index contributed by atoms with van der Waals surface area (Å²) in [7, 11) is 1.33. The molecular formula is C11H11BrN2O2. The van der Waals surface area contributed by atoms with Crippen LogP contribution >= 0.6 is 15.9 Å². The molecule has 4 nitrogen and oxygen atoms in total. The molecule has 0 fully saturated rings. The van der Waals surface area contributed by atoms with Crippen molar-refractivity contribution in [1.29, 1.82) is 5.26 Å². The second kappa shape index (κ2) is 5.64. The van der Waals surface area contributed by atoms with Crippen LogP contribution in [0.15, 0.2) is 16.6 Å². The van der Waals surface area contributed by atoms with Gasteiger partial charge in [-0.05, 0) is 23.3 Å². The molecule has 0 bridgehead atoms. The Hall–Kier alpha value is -1.38. The van der Waals surface area contributed by atoms with E-state index in [1.165, 1.54) is 7.11 Å². The van der Waals surface area contributed by atoms with E-state index in [-0.39, 0.29) is 18.9 Å². The second-order valence-electron chi connectivity index (χ2n) is 3.12. The fourth-order valence-electron chi connectivity index (χ4n) is 1.41. The van der Waals surface area contributed by atoms with Crippen LogP contribution in [0.5, 0.6) is 0 Å². The van der Waals surface area contributed by atoms with Gasteiger partial charge in [0, 0.05) is 11.0 Å². The Balaban J connectivity index is 3.24. The van der Waals surface area contributed by atoms with Gasteiger partial charge in [0.1, 0.15) is 0 Å². The predicted octanol–water partition coefficient (Wildman–Crippen LogP) is 1.49. The molecule has 0 saturated heterocycles. The fourth-order valence-corrected chi connectivity index (χ4v) is 1.92. The molecule has 2 N–H and O–H groups in total. The number of carbonyl (C=O) groups is 1. The van der Waals surface area contributed by atoms with E-state index in [4.69, 9.17) is 11.0 Å². The van der Waals surface area contributed by atoms with Gasteiger partial charge < -0.3 is 10.5 Å². The zero-order valence-corrected chi connectivity index (χ0v) is 10.4. The van der Waals surface area contributed by atoms with E-state index in [1.807, 2.05) is 0 Å². The first-order chi connectivity index (χ1) is 7.63. The van der Waals surface area contributed by atoms with Gasteiger partial charge in [-0.2, -0.15) is 5.26 Å². The van der Waals surface area contributed by atoms with Gasteiger partial charge in [0.15, 0.2) is 0 Å². The van der Waals surface area contributed by atoms with E-state index in [9.17, 15) is 4.79 Å². The number of nitrogens with zero attached hydrogens (tertiary/aromatic N) is 1. The number of rotatable bonds is 3. The summed E-state index contributed by atoms with van der Waals surface area (Å²) in [6.07, 6.45) is 0.110. The lowest BCUT2D eigenvalue weighted by Gasteiger charge is -2.10. The molecule has 1 aromatic carbocycles.